The average Bonchev–Trinajstić information content (AvgIpc) is 3.16. The molecule has 27 heavy (non-hydrogen) atoms. The van der Waals surface area contributed by atoms with E-state index in [9.17, 15) is 4.79 Å². The highest BCUT2D eigenvalue weighted by Crippen LogP contribution is 2.19. The Hall–Kier alpha value is -2.24. The van der Waals surface area contributed by atoms with E-state index in [1.165, 1.54) is 12.8 Å². The molecule has 0 aliphatic carbocycles. The smallest absolute Gasteiger partial charge is 0.305 e. The molecule has 2 N–H and O–H groups in total. The minimum Gasteiger partial charge on any atom is -0.469 e. The van der Waals surface area contributed by atoms with Gasteiger partial charge in [-0.05, 0) is 38.3 Å². The number of rotatable bonds is 10. The van der Waals surface area contributed by atoms with Crippen molar-refractivity contribution in [1.29, 1.82) is 0 Å². The number of carbonyl (C=O) groups is 1. The number of benzene rings is 1. The normalized spacial score (nSPS) is 17.0. The fourth-order valence-electron chi connectivity index (χ4n) is 3.29. The fraction of sp³-hybridized carbons (Fsp3) is 0.619. The van der Waals surface area contributed by atoms with E-state index in [1.54, 1.807) is 0 Å². The van der Waals surface area contributed by atoms with Gasteiger partial charge in [-0.2, -0.15) is 0 Å². The number of guanidine groups is 1. The highest BCUT2D eigenvalue weighted by atomic mass is 16.5. The molecule has 1 aromatic rings. The van der Waals surface area contributed by atoms with E-state index >= 15 is 0 Å². The zero-order chi connectivity index (χ0) is 19.3. The maximum Gasteiger partial charge on any atom is 0.305 e. The molecule has 0 radical (unpaired) electrons. The van der Waals surface area contributed by atoms with Crippen LogP contribution in [0.25, 0.3) is 0 Å². The number of hydrogen-bond acceptors (Lipinski definition) is 4. The summed E-state index contributed by atoms with van der Waals surface area (Å²) < 4.78 is 4.65. The van der Waals surface area contributed by atoms with Crippen molar-refractivity contribution in [2.45, 2.75) is 51.5 Å². The van der Waals surface area contributed by atoms with Crippen molar-refractivity contribution in [2.75, 3.05) is 38.2 Å². The number of nitrogens with one attached hydrogen (secondary N) is 2. The molecular formula is C21H34N4O2. The van der Waals surface area contributed by atoms with E-state index in [0.717, 1.165) is 64.2 Å². The highest BCUT2D eigenvalue weighted by molar-refractivity contribution is 5.80. The van der Waals surface area contributed by atoms with Crippen molar-refractivity contribution >= 4 is 17.6 Å². The summed E-state index contributed by atoms with van der Waals surface area (Å²) in [7, 11) is 1.44. The van der Waals surface area contributed by atoms with Crippen LogP contribution in [0.4, 0.5) is 5.69 Å². The van der Waals surface area contributed by atoms with E-state index in [2.05, 4.69) is 57.5 Å². The predicted octanol–water partition coefficient (Wildman–Crippen LogP) is 2.94. The van der Waals surface area contributed by atoms with Crippen LogP contribution in [-0.2, 0) is 9.53 Å². The van der Waals surface area contributed by atoms with Crippen LogP contribution in [0.15, 0.2) is 35.3 Å². The number of anilines is 1. The molecule has 2 rings (SSSR count). The summed E-state index contributed by atoms with van der Waals surface area (Å²) in [5.74, 6) is 0.791. The Balaban J connectivity index is 1.68. The minimum absolute atomic E-state index is 0.118. The van der Waals surface area contributed by atoms with Crippen LogP contribution >= 0.6 is 0 Å². The van der Waals surface area contributed by atoms with Gasteiger partial charge in [0.1, 0.15) is 0 Å². The molecule has 1 aliphatic rings. The van der Waals surface area contributed by atoms with Crippen molar-refractivity contribution in [2.24, 2.45) is 4.99 Å². The third-order valence-corrected chi connectivity index (χ3v) is 4.78. The van der Waals surface area contributed by atoms with E-state index in [0.29, 0.717) is 12.5 Å². The molecule has 1 unspecified atom stereocenters. The van der Waals surface area contributed by atoms with Crippen molar-refractivity contribution in [3.8, 4) is 0 Å². The Labute approximate surface area is 163 Å². The number of ether oxygens (including phenoxy) is 1. The summed E-state index contributed by atoms with van der Waals surface area (Å²) in [5, 5.41) is 6.93. The molecule has 1 aromatic carbocycles. The lowest BCUT2D eigenvalue weighted by molar-refractivity contribution is -0.140. The Morgan fingerprint density at radius 1 is 1.22 bits per heavy atom. The van der Waals surface area contributed by atoms with Crippen LogP contribution in [0.3, 0.4) is 0 Å². The maximum atomic E-state index is 11.1. The molecule has 1 heterocycles. The fourth-order valence-corrected chi connectivity index (χ4v) is 3.29. The molecule has 0 bridgehead atoms. The van der Waals surface area contributed by atoms with Crippen molar-refractivity contribution < 1.29 is 9.53 Å². The molecular weight excluding hydrogens is 340 g/mol. The number of para-hydroxylation sites is 1. The quantitative estimate of drug-likeness (QED) is 0.285. The minimum atomic E-state index is -0.118. The molecule has 0 saturated carbocycles. The summed E-state index contributed by atoms with van der Waals surface area (Å²) in [4.78, 5) is 18.2. The molecule has 0 aromatic heterocycles. The molecule has 150 valence electrons. The Morgan fingerprint density at radius 2 is 2.00 bits per heavy atom. The van der Waals surface area contributed by atoms with Crippen LogP contribution < -0.4 is 15.5 Å². The number of hydrogen-bond donors (Lipinski definition) is 2. The van der Waals surface area contributed by atoms with Crippen molar-refractivity contribution in [1.82, 2.24) is 10.6 Å². The van der Waals surface area contributed by atoms with Crippen LogP contribution in [0.5, 0.6) is 0 Å². The van der Waals surface area contributed by atoms with Gasteiger partial charge in [-0.25, -0.2) is 0 Å². The number of methoxy groups -OCH3 is 1. The van der Waals surface area contributed by atoms with E-state index in [1.807, 2.05) is 0 Å². The summed E-state index contributed by atoms with van der Waals surface area (Å²) in [5.41, 5.74) is 1.29. The van der Waals surface area contributed by atoms with Crippen LogP contribution in [0, 0.1) is 0 Å². The number of esters is 1. The van der Waals surface area contributed by atoms with Crippen LogP contribution in [0.1, 0.15) is 45.4 Å². The summed E-state index contributed by atoms with van der Waals surface area (Å²) in [6.45, 7) is 5.83. The number of carbonyl (C=O) groups excluding carboxylic acids is 1. The van der Waals surface area contributed by atoms with Gasteiger partial charge in [0.15, 0.2) is 5.96 Å². The Bertz CT molecular complexity index is 577. The maximum absolute atomic E-state index is 11.1. The molecule has 1 aliphatic heterocycles. The SMILES string of the molecule is CCNC(=NCCCCCCC(=O)OC)NC1CCN(c2ccccc2)C1. The number of unbranched alkanes of at least 4 members (excludes halogenated alkanes) is 3. The number of aliphatic imine (C=N–C) groups is 1. The first kappa shape index (κ1) is 21.1. The first-order valence-electron chi connectivity index (χ1n) is 10.1. The monoisotopic (exact) mass is 374 g/mol. The van der Waals surface area contributed by atoms with Gasteiger partial charge in [-0.3, -0.25) is 9.79 Å². The zero-order valence-corrected chi connectivity index (χ0v) is 16.7. The lowest BCUT2D eigenvalue weighted by Gasteiger charge is -2.20. The topological polar surface area (TPSA) is 66.0 Å². The molecule has 0 spiro atoms. The lowest BCUT2D eigenvalue weighted by atomic mass is 10.1. The zero-order valence-electron chi connectivity index (χ0n) is 16.7. The summed E-state index contributed by atoms with van der Waals surface area (Å²) in [6.07, 6.45) is 5.70. The van der Waals surface area contributed by atoms with Crippen LogP contribution in [-0.4, -0.2) is 51.3 Å². The van der Waals surface area contributed by atoms with Gasteiger partial charge < -0.3 is 20.3 Å². The van der Waals surface area contributed by atoms with Gasteiger partial charge >= 0.3 is 5.97 Å². The largest absolute Gasteiger partial charge is 0.469 e. The second kappa shape index (κ2) is 12.2. The second-order valence-electron chi connectivity index (χ2n) is 6.91. The third-order valence-electron chi connectivity index (χ3n) is 4.78. The van der Waals surface area contributed by atoms with Gasteiger partial charge in [-0.15, -0.1) is 0 Å². The van der Waals surface area contributed by atoms with Gasteiger partial charge in [0, 0.05) is 44.3 Å². The third kappa shape index (κ3) is 7.89. The summed E-state index contributed by atoms with van der Waals surface area (Å²) in [6, 6.07) is 11.0. The Morgan fingerprint density at radius 3 is 2.74 bits per heavy atom. The van der Waals surface area contributed by atoms with Gasteiger partial charge in [-0.1, -0.05) is 31.0 Å². The molecule has 1 saturated heterocycles. The molecule has 1 atom stereocenters. The average molecular weight is 375 g/mol. The number of nitrogens with zero attached hydrogens (tertiary/aromatic N) is 2. The van der Waals surface area contributed by atoms with Gasteiger partial charge in [0.05, 0.1) is 7.11 Å². The molecule has 6 heteroatoms. The van der Waals surface area contributed by atoms with E-state index in [4.69, 9.17) is 4.99 Å². The molecule has 6 nitrogen and oxygen atoms in total. The highest BCUT2D eigenvalue weighted by Gasteiger charge is 2.23. The standard InChI is InChI=1S/C21H34N4O2/c1-3-22-21(23-15-10-5-4-9-13-20(26)27-2)24-18-14-16-25(17-18)19-11-7-6-8-12-19/h6-8,11-12,18H,3-5,9-10,13-17H2,1-2H3,(H2,22,23,24). The Kier molecular flexibility index (Phi) is 9.52. The molecule has 0 amide bonds. The van der Waals surface area contributed by atoms with Gasteiger partial charge in [0.2, 0.25) is 0 Å². The first-order valence-corrected chi connectivity index (χ1v) is 10.1. The lowest BCUT2D eigenvalue weighted by Crippen LogP contribution is -2.44. The van der Waals surface area contributed by atoms with Gasteiger partial charge in [0.25, 0.3) is 0 Å². The van der Waals surface area contributed by atoms with Crippen LogP contribution in [0.2, 0.25) is 0 Å². The van der Waals surface area contributed by atoms with Crippen molar-refractivity contribution in [3.63, 3.8) is 0 Å². The van der Waals surface area contributed by atoms with E-state index < -0.39 is 0 Å². The summed E-state index contributed by atoms with van der Waals surface area (Å²) >= 11 is 0. The first-order chi connectivity index (χ1) is 13.2. The second-order valence-corrected chi connectivity index (χ2v) is 6.91. The molecule has 1 fully saturated rings. The van der Waals surface area contributed by atoms with E-state index in [-0.39, 0.29) is 5.97 Å². The predicted molar refractivity (Wildman–Crippen MR) is 111 cm³/mol. The van der Waals surface area contributed by atoms with Crippen molar-refractivity contribution in [3.05, 3.63) is 30.3 Å².